The summed E-state index contributed by atoms with van der Waals surface area (Å²) in [4.78, 5) is 26.1. The first-order valence-corrected chi connectivity index (χ1v) is 15.6. The fraction of sp³-hybridized carbons (Fsp3) is 0.500. The summed E-state index contributed by atoms with van der Waals surface area (Å²) in [5.74, 6) is -0.952. The van der Waals surface area contributed by atoms with E-state index in [4.69, 9.17) is 15.2 Å². The minimum absolute atomic E-state index is 0.142. The van der Waals surface area contributed by atoms with Crippen LogP contribution in [0.15, 0.2) is 72.3 Å². The first-order valence-electron chi connectivity index (χ1n) is 15.6. The van der Waals surface area contributed by atoms with Crippen molar-refractivity contribution in [3.63, 3.8) is 0 Å². The Morgan fingerprint density at radius 3 is 2.48 bits per heavy atom. The highest BCUT2D eigenvalue weighted by Crippen LogP contribution is 2.74. The standard InChI is InChI=1S/C36H41NO7/c1-33-12-11-24(39)15-27(33)28(40)16-26-25-17-31-36(30(42)19-38,34(25,2)18-29(41)35(26,33)3)44-32(43-31)22-9-7-20(8-10-22)13-21-5-4-6-23(37)14-21/h4-12,14-15,25-26,28-29,31-32,38,40-41H,13,16-19,37H2,1-3H3/t25-,26-,28+,29-,31+,32+,33-,34-,35+,36?/m0/s1. The maximum Gasteiger partial charge on any atom is 0.193 e. The predicted molar refractivity (Wildman–Crippen MR) is 163 cm³/mol. The zero-order valence-electron chi connectivity index (χ0n) is 25.4. The van der Waals surface area contributed by atoms with Gasteiger partial charge in [0, 0.05) is 27.5 Å². The number of fused-ring (bicyclic) bond motifs is 7. The van der Waals surface area contributed by atoms with Crippen LogP contribution in [0.3, 0.4) is 0 Å². The molecular weight excluding hydrogens is 558 g/mol. The smallest absolute Gasteiger partial charge is 0.193 e. The lowest BCUT2D eigenvalue weighted by molar-refractivity contribution is -0.228. The van der Waals surface area contributed by atoms with Gasteiger partial charge in [0.2, 0.25) is 0 Å². The maximum absolute atomic E-state index is 13.8. The molecule has 44 heavy (non-hydrogen) atoms. The molecule has 0 amide bonds. The zero-order chi connectivity index (χ0) is 31.2. The van der Waals surface area contributed by atoms with Gasteiger partial charge in [0.05, 0.1) is 18.3 Å². The van der Waals surface area contributed by atoms with Crippen LogP contribution in [0.4, 0.5) is 5.69 Å². The van der Waals surface area contributed by atoms with Gasteiger partial charge in [-0.25, -0.2) is 0 Å². The maximum atomic E-state index is 13.8. The monoisotopic (exact) mass is 599 g/mol. The van der Waals surface area contributed by atoms with Crippen molar-refractivity contribution in [2.75, 3.05) is 12.3 Å². The number of nitrogen functional groups attached to an aromatic ring is 1. The SMILES string of the molecule is C[C@]12[C@@H](O)C[C@@]3(C)[C@@H](C[C@H]4O[C@@H](c5ccc(Cc6cccc(N)c6)cc5)OC43C(=O)CO)[C@@H]1C[C@@H](O)C1=CC(=O)C=C[C@@]12C. The normalized spacial score (nSPS) is 42.2. The summed E-state index contributed by atoms with van der Waals surface area (Å²) in [6, 6.07) is 15.7. The third kappa shape index (κ3) is 3.81. The third-order valence-corrected chi connectivity index (χ3v) is 12.3. The molecule has 3 saturated carbocycles. The molecule has 10 atom stereocenters. The van der Waals surface area contributed by atoms with Crippen LogP contribution in [-0.4, -0.2) is 57.4 Å². The highest BCUT2D eigenvalue weighted by atomic mass is 16.7. The van der Waals surface area contributed by atoms with Crippen molar-refractivity contribution in [2.45, 2.75) is 76.7 Å². The number of Topliss-reactive ketones (excluding diaryl/α,β-unsaturated/α-hetero) is 1. The van der Waals surface area contributed by atoms with E-state index in [0.717, 1.165) is 28.8 Å². The molecule has 232 valence electrons. The van der Waals surface area contributed by atoms with Crippen molar-refractivity contribution < 1.29 is 34.4 Å². The molecule has 8 heteroatoms. The van der Waals surface area contributed by atoms with E-state index in [-0.39, 0.29) is 24.0 Å². The Morgan fingerprint density at radius 2 is 1.77 bits per heavy atom. The van der Waals surface area contributed by atoms with E-state index < -0.39 is 58.8 Å². The Kier molecular flexibility index (Phi) is 6.67. The molecule has 8 nitrogen and oxygen atoms in total. The van der Waals surface area contributed by atoms with Crippen molar-refractivity contribution in [3.8, 4) is 0 Å². The molecule has 0 spiro atoms. The van der Waals surface area contributed by atoms with Gasteiger partial charge in [0.15, 0.2) is 23.5 Å². The van der Waals surface area contributed by atoms with Crippen LogP contribution in [0, 0.1) is 28.1 Å². The van der Waals surface area contributed by atoms with E-state index >= 15 is 0 Å². The summed E-state index contributed by atoms with van der Waals surface area (Å²) in [5, 5.41) is 33.7. The third-order valence-electron chi connectivity index (χ3n) is 12.3. The molecule has 7 rings (SSSR count). The molecule has 4 aliphatic carbocycles. The number of carbonyl (C=O) groups is 2. The van der Waals surface area contributed by atoms with Crippen molar-refractivity contribution in [2.24, 2.45) is 28.1 Å². The molecule has 0 radical (unpaired) electrons. The summed E-state index contributed by atoms with van der Waals surface area (Å²) in [5.41, 5.74) is 6.50. The van der Waals surface area contributed by atoms with Crippen LogP contribution in [0.25, 0.3) is 0 Å². The highest BCUT2D eigenvalue weighted by Gasteiger charge is 2.78. The Morgan fingerprint density at radius 1 is 1.02 bits per heavy atom. The van der Waals surface area contributed by atoms with Crippen molar-refractivity contribution in [3.05, 3.63) is 89.0 Å². The minimum Gasteiger partial charge on any atom is -0.399 e. The fourth-order valence-corrected chi connectivity index (χ4v) is 9.89. The van der Waals surface area contributed by atoms with Crippen molar-refractivity contribution >= 4 is 17.3 Å². The van der Waals surface area contributed by atoms with Gasteiger partial charge < -0.3 is 30.5 Å². The number of nitrogens with two attached hydrogens (primary N) is 1. The largest absolute Gasteiger partial charge is 0.399 e. The van der Waals surface area contributed by atoms with Crippen LogP contribution >= 0.6 is 0 Å². The first-order chi connectivity index (χ1) is 20.9. The van der Waals surface area contributed by atoms with Crippen LogP contribution in [0.5, 0.6) is 0 Å². The van der Waals surface area contributed by atoms with Crippen LogP contribution < -0.4 is 5.73 Å². The Bertz CT molecular complexity index is 1580. The predicted octanol–water partition coefficient (Wildman–Crippen LogP) is 3.82. The molecule has 1 saturated heterocycles. The second-order valence-electron chi connectivity index (χ2n) is 14.2. The molecule has 0 bridgehead atoms. The number of anilines is 1. The van der Waals surface area contributed by atoms with Gasteiger partial charge in [-0.1, -0.05) is 63.2 Å². The molecule has 2 aromatic rings. The molecule has 2 aromatic carbocycles. The molecule has 1 heterocycles. The van der Waals surface area contributed by atoms with E-state index in [0.29, 0.717) is 18.4 Å². The number of ether oxygens (including phenoxy) is 2. The Labute approximate surface area is 257 Å². The van der Waals surface area contributed by atoms with E-state index in [1.165, 1.54) is 12.2 Å². The molecule has 0 aromatic heterocycles. The summed E-state index contributed by atoms with van der Waals surface area (Å²) < 4.78 is 13.3. The molecule has 1 aliphatic heterocycles. The quantitative estimate of drug-likeness (QED) is 0.381. The topological polar surface area (TPSA) is 139 Å². The molecule has 1 unspecified atom stereocenters. The number of ketones is 2. The van der Waals surface area contributed by atoms with E-state index in [9.17, 15) is 24.9 Å². The molecule has 5 aliphatic rings. The average Bonchev–Trinajstić information content (AvgIpc) is 3.49. The lowest BCUT2D eigenvalue weighted by Crippen LogP contribution is -2.68. The summed E-state index contributed by atoms with van der Waals surface area (Å²) in [6.07, 6.45) is 3.54. The molecule has 5 N–H and O–H groups in total. The van der Waals surface area contributed by atoms with Gasteiger partial charge in [-0.05, 0) is 78.5 Å². The Hall–Kier alpha value is -3.14. The van der Waals surface area contributed by atoms with E-state index in [1.54, 1.807) is 0 Å². The van der Waals surface area contributed by atoms with E-state index in [1.807, 2.05) is 75.4 Å². The lowest BCUT2D eigenvalue weighted by atomic mass is 9.39. The second kappa shape index (κ2) is 9.93. The number of benzene rings is 2. The van der Waals surface area contributed by atoms with Crippen LogP contribution in [0.2, 0.25) is 0 Å². The summed E-state index contributed by atoms with van der Waals surface area (Å²) >= 11 is 0. The average molecular weight is 600 g/mol. The van der Waals surface area contributed by atoms with Crippen molar-refractivity contribution in [1.29, 1.82) is 0 Å². The first kappa shape index (κ1) is 29.6. The number of hydrogen-bond donors (Lipinski definition) is 4. The van der Waals surface area contributed by atoms with Crippen LogP contribution in [0.1, 0.15) is 63.0 Å². The summed E-state index contributed by atoms with van der Waals surface area (Å²) in [6.45, 7) is 5.32. The number of carbonyl (C=O) groups excluding carboxylic acids is 2. The van der Waals surface area contributed by atoms with Gasteiger partial charge in [-0.2, -0.15) is 0 Å². The Balaban J connectivity index is 1.21. The van der Waals surface area contributed by atoms with Gasteiger partial charge >= 0.3 is 0 Å². The van der Waals surface area contributed by atoms with E-state index in [2.05, 4.69) is 0 Å². The number of aliphatic hydroxyl groups is 3. The molecule has 4 fully saturated rings. The van der Waals surface area contributed by atoms with Crippen LogP contribution in [-0.2, 0) is 25.5 Å². The van der Waals surface area contributed by atoms with Crippen molar-refractivity contribution in [1.82, 2.24) is 0 Å². The number of aliphatic hydroxyl groups excluding tert-OH is 3. The lowest BCUT2D eigenvalue weighted by Gasteiger charge is -2.66. The van der Waals surface area contributed by atoms with Gasteiger partial charge in [-0.15, -0.1) is 0 Å². The van der Waals surface area contributed by atoms with Gasteiger partial charge in [0.1, 0.15) is 6.61 Å². The highest BCUT2D eigenvalue weighted by molar-refractivity contribution is 6.01. The molecular formula is C36H41NO7. The fourth-order valence-electron chi connectivity index (χ4n) is 9.89. The summed E-state index contributed by atoms with van der Waals surface area (Å²) in [7, 11) is 0. The second-order valence-corrected chi connectivity index (χ2v) is 14.2. The van der Waals surface area contributed by atoms with Gasteiger partial charge in [-0.3, -0.25) is 9.59 Å². The number of rotatable bonds is 5. The minimum atomic E-state index is -1.46. The van der Waals surface area contributed by atoms with Gasteiger partial charge in [0.25, 0.3) is 0 Å². The number of allylic oxidation sites excluding steroid dienone is 3. The zero-order valence-corrected chi connectivity index (χ0v) is 25.4. The number of hydrogen-bond acceptors (Lipinski definition) is 8.